The van der Waals surface area contributed by atoms with E-state index in [-0.39, 0.29) is 6.03 Å². The number of carbonyl (C=O) groups is 1. The second-order valence-corrected chi connectivity index (χ2v) is 5.82. The molecule has 0 radical (unpaired) electrons. The highest BCUT2D eigenvalue weighted by molar-refractivity contribution is 7.11. The maximum absolute atomic E-state index is 11.6. The zero-order valence-corrected chi connectivity index (χ0v) is 12.6. The molecule has 0 aliphatic carbocycles. The standard InChI is InChI=1S/C13H18N4O2S/c1-8-6-11(19-17-8)7-15-13(18)14-5-4-12-9(2)16-10(3)20-12/h6H,4-5,7H2,1-3H3,(H2,14,15,18). The summed E-state index contributed by atoms with van der Waals surface area (Å²) in [4.78, 5) is 17.2. The molecule has 0 saturated carbocycles. The molecule has 2 heterocycles. The minimum atomic E-state index is -0.210. The van der Waals surface area contributed by atoms with Gasteiger partial charge in [-0.3, -0.25) is 0 Å². The van der Waals surface area contributed by atoms with E-state index in [0.29, 0.717) is 18.8 Å². The SMILES string of the molecule is Cc1cc(CNC(=O)NCCc2sc(C)nc2C)on1. The Morgan fingerprint density at radius 2 is 2.15 bits per heavy atom. The number of amides is 2. The van der Waals surface area contributed by atoms with Crippen LogP contribution in [0.25, 0.3) is 0 Å². The Labute approximate surface area is 121 Å². The third-order valence-corrected chi connectivity index (χ3v) is 3.87. The van der Waals surface area contributed by atoms with Gasteiger partial charge in [-0.2, -0.15) is 0 Å². The molecule has 2 rings (SSSR count). The summed E-state index contributed by atoms with van der Waals surface area (Å²) >= 11 is 1.67. The van der Waals surface area contributed by atoms with Crippen LogP contribution in [0.1, 0.15) is 27.0 Å². The van der Waals surface area contributed by atoms with Crippen molar-refractivity contribution in [3.05, 3.63) is 33.1 Å². The Morgan fingerprint density at radius 3 is 2.75 bits per heavy atom. The van der Waals surface area contributed by atoms with Crippen molar-refractivity contribution in [2.24, 2.45) is 0 Å². The average molecular weight is 294 g/mol. The molecule has 0 spiro atoms. The number of aromatic nitrogens is 2. The summed E-state index contributed by atoms with van der Waals surface area (Å²) in [5.74, 6) is 0.645. The van der Waals surface area contributed by atoms with E-state index in [2.05, 4.69) is 20.8 Å². The van der Waals surface area contributed by atoms with Crippen LogP contribution in [0.3, 0.4) is 0 Å². The van der Waals surface area contributed by atoms with Gasteiger partial charge in [0.15, 0.2) is 5.76 Å². The molecule has 0 atom stereocenters. The highest BCUT2D eigenvalue weighted by atomic mass is 32.1. The van der Waals surface area contributed by atoms with Crippen molar-refractivity contribution < 1.29 is 9.32 Å². The maximum Gasteiger partial charge on any atom is 0.315 e. The molecule has 0 fully saturated rings. The van der Waals surface area contributed by atoms with Gasteiger partial charge in [-0.15, -0.1) is 11.3 Å². The molecule has 108 valence electrons. The number of carbonyl (C=O) groups excluding carboxylic acids is 1. The van der Waals surface area contributed by atoms with Crippen LogP contribution in [0.4, 0.5) is 4.79 Å². The van der Waals surface area contributed by atoms with Crippen LogP contribution in [0.2, 0.25) is 0 Å². The van der Waals surface area contributed by atoms with Gasteiger partial charge in [-0.1, -0.05) is 5.16 Å². The van der Waals surface area contributed by atoms with E-state index in [9.17, 15) is 4.79 Å². The number of thiazole rings is 1. The van der Waals surface area contributed by atoms with Crippen molar-refractivity contribution >= 4 is 17.4 Å². The molecule has 2 aromatic heterocycles. The lowest BCUT2D eigenvalue weighted by molar-refractivity contribution is 0.239. The van der Waals surface area contributed by atoms with E-state index < -0.39 is 0 Å². The summed E-state index contributed by atoms with van der Waals surface area (Å²) in [6, 6.07) is 1.59. The Morgan fingerprint density at radius 1 is 1.35 bits per heavy atom. The summed E-state index contributed by atoms with van der Waals surface area (Å²) in [6.45, 7) is 6.74. The number of nitrogens with one attached hydrogen (secondary N) is 2. The Kier molecular flexibility index (Phi) is 4.73. The average Bonchev–Trinajstić information content (AvgIpc) is 2.93. The molecule has 7 heteroatoms. The van der Waals surface area contributed by atoms with Gasteiger partial charge in [0.25, 0.3) is 0 Å². The molecule has 6 nitrogen and oxygen atoms in total. The van der Waals surface area contributed by atoms with Gasteiger partial charge in [0, 0.05) is 23.9 Å². The fourth-order valence-corrected chi connectivity index (χ4v) is 2.76. The molecule has 0 saturated heterocycles. The lowest BCUT2D eigenvalue weighted by Crippen LogP contribution is -2.36. The van der Waals surface area contributed by atoms with Gasteiger partial charge >= 0.3 is 6.03 Å². The molecule has 0 aliphatic rings. The number of urea groups is 1. The summed E-state index contributed by atoms with van der Waals surface area (Å²) in [6.07, 6.45) is 0.798. The Bertz CT molecular complexity index is 591. The van der Waals surface area contributed by atoms with Gasteiger partial charge in [0.1, 0.15) is 0 Å². The van der Waals surface area contributed by atoms with Crippen molar-refractivity contribution in [2.45, 2.75) is 33.7 Å². The topological polar surface area (TPSA) is 80.0 Å². The van der Waals surface area contributed by atoms with Crippen LogP contribution in [0.5, 0.6) is 0 Å². The zero-order chi connectivity index (χ0) is 14.5. The first kappa shape index (κ1) is 14.5. The number of rotatable bonds is 5. The minimum Gasteiger partial charge on any atom is -0.359 e. The quantitative estimate of drug-likeness (QED) is 0.885. The Hall–Kier alpha value is -1.89. The van der Waals surface area contributed by atoms with Crippen molar-refractivity contribution in [3.63, 3.8) is 0 Å². The zero-order valence-electron chi connectivity index (χ0n) is 11.8. The monoisotopic (exact) mass is 294 g/mol. The van der Waals surface area contributed by atoms with E-state index >= 15 is 0 Å². The molecule has 0 bridgehead atoms. The number of hydrogen-bond donors (Lipinski definition) is 2. The van der Waals surface area contributed by atoms with Gasteiger partial charge in [-0.25, -0.2) is 9.78 Å². The molecule has 0 aromatic carbocycles. The first-order valence-electron chi connectivity index (χ1n) is 6.41. The molecule has 0 unspecified atom stereocenters. The van der Waals surface area contributed by atoms with Crippen LogP contribution >= 0.6 is 11.3 Å². The summed E-state index contributed by atoms with van der Waals surface area (Å²) in [5, 5.41) is 10.3. The van der Waals surface area contributed by atoms with Gasteiger partial charge in [0.05, 0.1) is 22.9 Å². The van der Waals surface area contributed by atoms with Crippen LogP contribution in [-0.2, 0) is 13.0 Å². The molecule has 2 aromatic rings. The van der Waals surface area contributed by atoms with Gasteiger partial charge < -0.3 is 15.2 Å². The smallest absolute Gasteiger partial charge is 0.315 e. The summed E-state index contributed by atoms with van der Waals surface area (Å²) in [7, 11) is 0. The van der Waals surface area contributed by atoms with Crippen molar-refractivity contribution in [3.8, 4) is 0 Å². The third-order valence-electron chi connectivity index (χ3n) is 2.74. The largest absolute Gasteiger partial charge is 0.359 e. The number of nitrogens with zero attached hydrogens (tertiary/aromatic N) is 2. The molecular weight excluding hydrogens is 276 g/mol. The van der Waals surface area contributed by atoms with Crippen molar-refractivity contribution in [1.82, 2.24) is 20.8 Å². The lowest BCUT2D eigenvalue weighted by Gasteiger charge is -2.05. The van der Waals surface area contributed by atoms with Gasteiger partial charge in [-0.05, 0) is 20.8 Å². The molecule has 2 N–H and O–H groups in total. The van der Waals surface area contributed by atoms with E-state index in [0.717, 1.165) is 22.8 Å². The van der Waals surface area contributed by atoms with Gasteiger partial charge in [0.2, 0.25) is 0 Å². The first-order chi connectivity index (χ1) is 9.54. The lowest BCUT2D eigenvalue weighted by atomic mass is 10.3. The fraction of sp³-hybridized carbons (Fsp3) is 0.462. The second-order valence-electron chi connectivity index (χ2n) is 4.54. The number of hydrogen-bond acceptors (Lipinski definition) is 5. The normalized spacial score (nSPS) is 10.6. The fourth-order valence-electron chi connectivity index (χ4n) is 1.82. The minimum absolute atomic E-state index is 0.210. The molecule has 0 aliphatic heterocycles. The predicted molar refractivity (Wildman–Crippen MR) is 76.8 cm³/mol. The predicted octanol–water partition coefficient (Wildman–Crippen LogP) is 2.10. The third kappa shape index (κ3) is 4.06. The second kappa shape index (κ2) is 6.51. The van der Waals surface area contributed by atoms with E-state index in [4.69, 9.17) is 4.52 Å². The van der Waals surface area contributed by atoms with Crippen LogP contribution in [-0.4, -0.2) is 22.7 Å². The van der Waals surface area contributed by atoms with Crippen LogP contribution in [0, 0.1) is 20.8 Å². The summed E-state index contributed by atoms with van der Waals surface area (Å²) in [5.41, 5.74) is 1.85. The molecule has 2 amide bonds. The maximum atomic E-state index is 11.6. The van der Waals surface area contributed by atoms with Crippen LogP contribution < -0.4 is 10.6 Å². The van der Waals surface area contributed by atoms with Crippen LogP contribution in [0.15, 0.2) is 10.6 Å². The first-order valence-corrected chi connectivity index (χ1v) is 7.23. The number of aryl methyl sites for hydroxylation is 3. The van der Waals surface area contributed by atoms with Crippen molar-refractivity contribution in [2.75, 3.05) is 6.54 Å². The molecule has 20 heavy (non-hydrogen) atoms. The van der Waals surface area contributed by atoms with E-state index in [1.807, 2.05) is 20.8 Å². The highest BCUT2D eigenvalue weighted by Gasteiger charge is 2.06. The highest BCUT2D eigenvalue weighted by Crippen LogP contribution is 2.16. The summed E-state index contributed by atoms with van der Waals surface area (Å²) < 4.78 is 5.01. The molecular formula is C13H18N4O2S. The van der Waals surface area contributed by atoms with E-state index in [1.54, 1.807) is 17.4 Å². The van der Waals surface area contributed by atoms with Crippen molar-refractivity contribution in [1.29, 1.82) is 0 Å². The Balaban J connectivity index is 1.69. The van der Waals surface area contributed by atoms with E-state index in [1.165, 1.54) is 4.88 Å².